The zero-order valence-electron chi connectivity index (χ0n) is 12.8. The molecule has 24 heavy (non-hydrogen) atoms. The van der Waals surface area contributed by atoms with Crippen molar-refractivity contribution in [2.75, 3.05) is 0 Å². The SMILES string of the molecule is Cl.NC1(c2noc(-c3[nH]nc(-c4ccccc4)c3Br)n2)CCCC1. The van der Waals surface area contributed by atoms with Crippen LogP contribution in [0.4, 0.5) is 0 Å². The number of benzene rings is 1. The Balaban J connectivity index is 0.00000169. The predicted octanol–water partition coefficient (Wildman–Crippen LogP) is 4.04. The van der Waals surface area contributed by atoms with Crippen molar-refractivity contribution >= 4 is 28.3 Å². The van der Waals surface area contributed by atoms with Crippen molar-refractivity contribution in [3.8, 4) is 22.8 Å². The number of rotatable bonds is 3. The Morgan fingerprint density at radius 3 is 2.58 bits per heavy atom. The first-order chi connectivity index (χ1) is 11.2. The molecule has 0 aliphatic heterocycles. The van der Waals surface area contributed by atoms with E-state index in [-0.39, 0.29) is 12.4 Å². The number of hydrogen-bond acceptors (Lipinski definition) is 5. The van der Waals surface area contributed by atoms with Gasteiger partial charge in [0.2, 0.25) is 0 Å². The van der Waals surface area contributed by atoms with E-state index in [0.717, 1.165) is 41.4 Å². The lowest BCUT2D eigenvalue weighted by molar-refractivity contribution is 0.372. The van der Waals surface area contributed by atoms with Crippen molar-refractivity contribution in [1.29, 1.82) is 0 Å². The molecule has 0 saturated heterocycles. The summed E-state index contributed by atoms with van der Waals surface area (Å²) in [6, 6.07) is 9.91. The summed E-state index contributed by atoms with van der Waals surface area (Å²) in [5.41, 5.74) is 8.41. The molecule has 126 valence electrons. The molecule has 0 bridgehead atoms. The van der Waals surface area contributed by atoms with Crippen LogP contribution in [0, 0.1) is 0 Å². The molecule has 8 heteroatoms. The average molecular weight is 411 g/mol. The maximum Gasteiger partial charge on any atom is 0.277 e. The van der Waals surface area contributed by atoms with Crippen LogP contribution in [0.3, 0.4) is 0 Å². The molecule has 0 amide bonds. The molecule has 2 aromatic heterocycles. The molecule has 1 fully saturated rings. The largest absolute Gasteiger partial charge is 0.332 e. The van der Waals surface area contributed by atoms with Crippen LogP contribution < -0.4 is 5.73 Å². The van der Waals surface area contributed by atoms with Crippen LogP contribution >= 0.6 is 28.3 Å². The number of nitrogens with zero attached hydrogens (tertiary/aromatic N) is 3. The standard InChI is InChI=1S/C16H16BrN5O.ClH/c17-11-12(10-6-2-1-3-7-10)20-21-13(11)14-19-15(22-23-14)16(18)8-4-5-9-16;/h1-3,6-7H,4-5,8-9,18H2,(H,20,21);1H. The molecular weight excluding hydrogens is 394 g/mol. The molecule has 6 nitrogen and oxygen atoms in total. The fourth-order valence-corrected chi connectivity index (χ4v) is 3.59. The van der Waals surface area contributed by atoms with E-state index in [1.54, 1.807) is 0 Å². The quantitative estimate of drug-likeness (QED) is 0.679. The molecule has 0 spiro atoms. The first-order valence-electron chi connectivity index (χ1n) is 7.60. The Hall–Kier alpha value is -1.70. The highest BCUT2D eigenvalue weighted by Gasteiger charge is 2.36. The van der Waals surface area contributed by atoms with Gasteiger partial charge in [0.1, 0.15) is 11.4 Å². The van der Waals surface area contributed by atoms with Gasteiger partial charge in [0.05, 0.1) is 10.0 Å². The average Bonchev–Trinajstić information content (AvgIpc) is 3.28. The summed E-state index contributed by atoms with van der Waals surface area (Å²) in [6.07, 6.45) is 4.00. The summed E-state index contributed by atoms with van der Waals surface area (Å²) in [5.74, 6) is 0.978. The van der Waals surface area contributed by atoms with E-state index < -0.39 is 5.54 Å². The van der Waals surface area contributed by atoms with Gasteiger partial charge in [-0.1, -0.05) is 48.3 Å². The van der Waals surface area contributed by atoms with Crippen LogP contribution in [0.15, 0.2) is 39.3 Å². The lowest BCUT2D eigenvalue weighted by Crippen LogP contribution is -2.34. The van der Waals surface area contributed by atoms with Crippen molar-refractivity contribution in [3.05, 3.63) is 40.6 Å². The lowest BCUT2D eigenvalue weighted by Gasteiger charge is -2.17. The van der Waals surface area contributed by atoms with Gasteiger partial charge < -0.3 is 10.3 Å². The van der Waals surface area contributed by atoms with Crippen molar-refractivity contribution in [1.82, 2.24) is 20.3 Å². The summed E-state index contributed by atoms with van der Waals surface area (Å²) in [7, 11) is 0. The summed E-state index contributed by atoms with van der Waals surface area (Å²) < 4.78 is 6.22. The monoisotopic (exact) mass is 409 g/mol. The number of H-pyrrole nitrogens is 1. The molecule has 3 N–H and O–H groups in total. The van der Waals surface area contributed by atoms with Crippen LogP contribution in [-0.4, -0.2) is 20.3 Å². The zero-order chi connectivity index (χ0) is 15.9. The Morgan fingerprint density at radius 2 is 1.88 bits per heavy atom. The second-order valence-corrected chi connectivity index (χ2v) is 6.71. The van der Waals surface area contributed by atoms with Crippen LogP contribution in [0.5, 0.6) is 0 Å². The maximum absolute atomic E-state index is 6.38. The zero-order valence-corrected chi connectivity index (χ0v) is 15.2. The third-order valence-electron chi connectivity index (χ3n) is 4.34. The number of nitrogens with one attached hydrogen (secondary N) is 1. The Labute approximate surface area is 153 Å². The fourth-order valence-electron chi connectivity index (χ4n) is 3.01. The van der Waals surface area contributed by atoms with Crippen molar-refractivity contribution in [2.24, 2.45) is 5.73 Å². The van der Waals surface area contributed by atoms with Gasteiger partial charge in [-0.3, -0.25) is 5.10 Å². The van der Waals surface area contributed by atoms with E-state index in [0.29, 0.717) is 17.4 Å². The topological polar surface area (TPSA) is 93.6 Å². The molecule has 0 atom stereocenters. The number of nitrogens with two attached hydrogens (primary N) is 1. The molecule has 1 saturated carbocycles. The van der Waals surface area contributed by atoms with Crippen LogP contribution in [0.1, 0.15) is 31.5 Å². The van der Waals surface area contributed by atoms with Gasteiger partial charge in [-0.05, 0) is 28.8 Å². The van der Waals surface area contributed by atoms with E-state index >= 15 is 0 Å². The van der Waals surface area contributed by atoms with E-state index in [9.17, 15) is 0 Å². The molecule has 1 aliphatic rings. The Kier molecular flexibility index (Phi) is 4.76. The van der Waals surface area contributed by atoms with Crippen molar-refractivity contribution < 1.29 is 4.52 Å². The van der Waals surface area contributed by atoms with E-state index in [4.69, 9.17) is 10.3 Å². The van der Waals surface area contributed by atoms with Crippen LogP contribution in [0.2, 0.25) is 0 Å². The number of halogens is 2. The van der Waals surface area contributed by atoms with Gasteiger partial charge in [0.15, 0.2) is 5.82 Å². The fraction of sp³-hybridized carbons (Fsp3) is 0.312. The van der Waals surface area contributed by atoms with Gasteiger partial charge in [0, 0.05) is 5.56 Å². The Morgan fingerprint density at radius 1 is 1.17 bits per heavy atom. The van der Waals surface area contributed by atoms with Crippen LogP contribution in [-0.2, 0) is 5.54 Å². The number of hydrogen-bond donors (Lipinski definition) is 2. The van der Waals surface area contributed by atoms with E-state index in [2.05, 4.69) is 36.3 Å². The third-order valence-corrected chi connectivity index (χ3v) is 5.11. The molecule has 1 aromatic carbocycles. The third kappa shape index (κ3) is 2.87. The predicted molar refractivity (Wildman–Crippen MR) is 96.6 cm³/mol. The highest BCUT2D eigenvalue weighted by molar-refractivity contribution is 9.10. The summed E-state index contributed by atoms with van der Waals surface area (Å²) in [5, 5.41) is 11.4. The minimum Gasteiger partial charge on any atom is -0.332 e. The highest BCUT2D eigenvalue weighted by Crippen LogP contribution is 2.37. The second kappa shape index (κ2) is 6.66. The normalized spacial score (nSPS) is 16.1. The van der Waals surface area contributed by atoms with E-state index in [1.165, 1.54) is 0 Å². The molecule has 1 aliphatic carbocycles. The van der Waals surface area contributed by atoms with Gasteiger partial charge in [-0.15, -0.1) is 12.4 Å². The Bertz CT molecular complexity index is 826. The van der Waals surface area contributed by atoms with Gasteiger partial charge in [0.25, 0.3) is 5.89 Å². The molecule has 0 unspecified atom stereocenters. The molecular formula is C16H17BrClN5O. The summed E-state index contributed by atoms with van der Waals surface area (Å²) in [4.78, 5) is 4.50. The van der Waals surface area contributed by atoms with Gasteiger partial charge in [-0.25, -0.2) is 0 Å². The smallest absolute Gasteiger partial charge is 0.277 e. The van der Waals surface area contributed by atoms with Gasteiger partial charge >= 0.3 is 0 Å². The molecule has 0 radical (unpaired) electrons. The maximum atomic E-state index is 6.38. The first-order valence-corrected chi connectivity index (χ1v) is 8.39. The minimum absolute atomic E-state index is 0. The number of aromatic nitrogens is 4. The number of aromatic amines is 1. The minimum atomic E-state index is -0.462. The van der Waals surface area contributed by atoms with Crippen molar-refractivity contribution in [2.45, 2.75) is 31.2 Å². The second-order valence-electron chi connectivity index (χ2n) is 5.91. The summed E-state index contributed by atoms with van der Waals surface area (Å²) >= 11 is 3.58. The van der Waals surface area contributed by atoms with Crippen LogP contribution in [0.25, 0.3) is 22.8 Å². The van der Waals surface area contributed by atoms with E-state index in [1.807, 2.05) is 30.3 Å². The molecule has 4 rings (SSSR count). The molecule has 2 heterocycles. The lowest BCUT2D eigenvalue weighted by atomic mass is 9.99. The summed E-state index contributed by atoms with van der Waals surface area (Å²) in [6.45, 7) is 0. The van der Waals surface area contributed by atoms with Crippen molar-refractivity contribution in [3.63, 3.8) is 0 Å². The highest BCUT2D eigenvalue weighted by atomic mass is 79.9. The first kappa shape index (κ1) is 17.1. The molecule has 3 aromatic rings. The van der Waals surface area contributed by atoms with Gasteiger partial charge in [-0.2, -0.15) is 10.1 Å².